The van der Waals surface area contributed by atoms with Crippen molar-refractivity contribution in [1.82, 2.24) is 14.5 Å². The molecule has 1 atom stereocenters. The van der Waals surface area contributed by atoms with Crippen LogP contribution < -0.4 is 5.56 Å². The van der Waals surface area contributed by atoms with Gasteiger partial charge in [-0.3, -0.25) is 9.36 Å². The second-order valence-corrected chi connectivity index (χ2v) is 8.31. The number of esters is 1. The van der Waals surface area contributed by atoms with Gasteiger partial charge in [0, 0.05) is 4.88 Å². The summed E-state index contributed by atoms with van der Waals surface area (Å²) >= 11 is 1.52. The predicted molar refractivity (Wildman–Crippen MR) is 101 cm³/mol. The summed E-state index contributed by atoms with van der Waals surface area (Å²) in [6, 6.07) is -0.710. The molecule has 0 amide bonds. The predicted octanol–water partition coefficient (Wildman–Crippen LogP) is 2.90. The van der Waals surface area contributed by atoms with Crippen molar-refractivity contribution in [2.75, 3.05) is 20.7 Å². The smallest absolute Gasteiger partial charge is 0.329 e. The Hall–Kier alpha value is -1.73. The molecule has 25 heavy (non-hydrogen) atoms. The van der Waals surface area contributed by atoms with E-state index in [0.29, 0.717) is 24.4 Å². The Morgan fingerprint density at radius 2 is 1.92 bits per heavy atom. The fourth-order valence-corrected chi connectivity index (χ4v) is 3.66. The first-order valence-electron chi connectivity index (χ1n) is 8.46. The van der Waals surface area contributed by atoms with Crippen molar-refractivity contribution in [2.24, 2.45) is 5.92 Å². The average Bonchev–Trinajstić information content (AvgIpc) is 2.78. The van der Waals surface area contributed by atoms with Crippen molar-refractivity contribution >= 4 is 27.5 Å². The molecule has 138 valence electrons. The highest BCUT2D eigenvalue weighted by atomic mass is 32.1. The second-order valence-electron chi connectivity index (χ2n) is 7.10. The Bertz CT molecular complexity index is 836. The molecule has 2 rings (SSSR count). The van der Waals surface area contributed by atoms with E-state index >= 15 is 0 Å². The lowest BCUT2D eigenvalue weighted by molar-refractivity contribution is -0.148. The minimum Gasteiger partial charge on any atom is -0.464 e. The van der Waals surface area contributed by atoms with Crippen LogP contribution >= 0.6 is 11.3 Å². The summed E-state index contributed by atoms with van der Waals surface area (Å²) in [6.07, 6.45) is 0. The molecule has 0 bridgehead atoms. The van der Waals surface area contributed by atoms with E-state index in [1.807, 2.05) is 46.7 Å². The number of carbonyl (C=O) groups is 1. The van der Waals surface area contributed by atoms with Crippen LogP contribution in [-0.4, -0.2) is 41.1 Å². The number of aryl methyl sites for hydroxylation is 2. The third kappa shape index (κ3) is 4.10. The quantitative estimate of drug-likeness (QED) is 0.737. The summed E-state index contributed by atoms with van der Waals surface area (Å²) in [5, 5.41) is 0.605. The van der Waals surface area contributed by atoms with Gasteiger partial charge in [0.15, 0.2) is 0 Å². The van der Waals surface area contributed by atoms with Crippen molar-refractivity contribution in [1.29, 1.82) is 0 Å². The third-order valence-electron chi connectivity index (χ3n) is 4.05. The van der Waals surface area contributed by atoms with E-state index in [-0.39, 0.29) is 11.5 Å². The number of hydrogen-bond donors (Lipinski definition) is 0. The molecule has 0 fully saturated rings. The van der Waals surface area contributed by atoms with E-state index in [1.165, 1.54) is 15.9 Å². The van der Waals surface area contributed by atoms with E-state index < -0.39 is 12.0 Å². The highest BCUT2D eigenvalue weighted by Gasteiger charge is 2.25. The number of fused-ring (bicyclic) bond motifs is 1. The molecule has 0 spiro atoms. The lowest BCUT2D eigenvalue weighted by Gasteiger charge is -2.20. The fraction of sp³-hybridized carbons (Fsp3) is 0.611. The average molecular weight is 365 g/mol. The van der Waals surface area contributed by atoms with Crippen LogP contribution in [0, 0.1) is 19.8 Å². The SMILES string of the molecule is Cc1sc2nc(CN(C)C)n(C(C)C(=O)OCC(C)C)c(=O)c2c1C. The van der Waals surface area contributed by atoms with Crippen molar-refractivity contribution in [3.63, 3.8) is 0 Å². The van der Waals surface area contributed by atoms with Gasteiger partial charge < -0.3 is 9.64 Å². The van der Waals surface area contributed by atoms with Gasteiger partial charge >= 0.3 is 5.97 Å². The molecule has 1 unspecified atom stereocenters. The summed E-state index contributed by atoms with van der Waals surface area (Å²) < 4.78 is 6.83. The summed E-state index contributed by atoms with van der Waals surface area (Å²) in [6.45, 7) is 10.4. The van der Waals surface area contributed by atoms with Gasteiger partial charge in [-0.1, -0.05) is 13.8 Å². The fourth-order valence-electron chi connectivity index (χ4n) is 2.62. The van der Waals surface area contributed by atoms with Crippen LogP contribution in [-0.2, 0) is 16.1 Å². The summed E-state index contributed by atoms with van der Waals surface area (Å²) in [4.78, 5) is 34.0. The molecule has 2 aromatic rings. The first-order chi connectivity index (χ1) is 11.6. The van der Waals surface area contributed by atoms with Gasteiger partial charge in [-0.05, 0) is 46.3 Å². The zero-order valence-corrected chi connectivity index (χ0v) is 16.9. The van der Waals surface area contributed by atoms with Gasteiger partial charge in [0.2, 0.25) is 0 Å². The highest BCUT2D eigenvalue weighted by molar-refractivity contribution is 7.18. The van der Waals surface area contributed by atoms with E-state index in [9.17, 15) is 9.59 Å². The van der Waals surface area contributed by atoms with Gasteiger partial charge in [-0.2, -0.15) is 0 Å². The molecule has 6 nitrogen and oxygen atoms in total. The minimum absolute atomic E-state index is 0.169. The van der Waals surface area contributed by atoms with E-state index in [2.05, 4.69) is 4.98 Å². The first-order valence-corrected chi connectivity index (χ1v) is 9.27. The molecule has 2 aromatic heterocycles. The maximum Gasteiger partial charge on any atom is 0.329 e. The zero-order valence-electron chi connectivity index (χ0n) is 16.0. The lowest BCUT2D eigenvalue weighted by Crippen LogP contribution is -2.34. The van der Waals surface area contributed by atoms with Crippen LogP contribution in [0.1, 0.15) is 43.1 Å². The van der Waals surface area contributed by atoms with Gasteiger partial charge in [0.05, 0.1) is 18.5 Å². The standard InChI is InChI=1S/C18H27N3O3S/c1-10(2)9-24-18(23)12(4)21-14(8-20(6)7)19-16-15(17(21)22)11(3)13(5)25-16/h10,12H,8-9H2,1-7H3. The first kappa shape index (κ1) is 19.6. The number of ether oxygens (including phenoxy) is 1. The molecule has 0 aliphatic heterocycles. The van der Waals surface area contributed by atoms with Crippen LogP contribution in [0.25, 0.3) is 10.2 Å². The van der Waals surface area contributed by atoms with Crippen molar-refractivity contribution in [3.8, 4) is 0 Å². The third-order valence-corrected chi connectivity index (χ3v) is 5.15. The Kier molecular flexibility index (Phi) is 6.00. The molecule has 0 radical (unpaired) electrons. The molecule has 0 aliphatic rings. The maximum atomic E-state index is 13.2. The van der Waals surface area contributed by atoms with Crippen LogP contribution in [0.5, 0.6) is 0 Å². The summed E-state index contributed by atoms with van der Waals surface area (Å²) in [5.41, 5.74) is 0.767. The number of nitrogens with zero attached hydrogens (tertiary/aromatic N) is 3. The normalized spacial score (nSPS) is 13.0. The maximum absolute atomic E-state index is 13.2. The Balaban J connectivity index is 2.58. The van der Waals surface area contributed by atoms with Gasteiger partial charge in [0.1, 0.15) is 16.7 Å². The number of hydrogen-bond acceptors (Lipinski definition) is 6. The van der Waals surface area contributed by atoms with Gasteiger partial charge in [0.25, 0.3) is 5.56 Å². The van der Waals surface area contributed by atoms with Gasteiger partial charge in [-0.15, -0.1) is 11.3 Å². The Morgan fingerprint density at radius 3 is 2.48 bits per heavy atom. The summed E-state index contributed by atoms with van der Waals surface area (Å²) in [5.74, 6) is 0.427. The molecular weight excluding hydrogens is 338 g/mol. The van der Waals surface area contributed by atoms with Crippen molar-refractivity contribution in [2.45, 2.75) is 47.2 Å². The topological polar surface area (TPSA) is 64.4 Å². The molecule has 0 saturated heterocycles. The van der Waals surface area contributed by atoms with Crippen LogP contribution in [0.3, 0.4) is 0 Å². The van der Waals surface area contributed by atoms with E-state index in [4.69, 9.17) is 4.74 Å². The number of carbonyl (C=O) groups excluding carboxylic acids is 1. The van der Waals surface area contributed by atoms with Crippen LogP contribution in [0.2, 0.25) is 0 Å². The van der Waals surface area contributed by atoms with Crippen LogP contribution in [0.4, 0.5) is 0 Å². The Morgan fingerprint density at radius 1 is 1.28 bits per heavy atom. The second kappa shape index (κ2) is 7.66. The molecule has 0 N–H and O–H groups in total. The largest absolute Gasteiger partial charge is 0.464 e. The zero-order chi connectivity index (χ0) is 18.9. The summed E-state index contributed by atoms with van der Waals surface area (Å²) in [7, 11) is 3.82. The molecular formula is C18H27N3O3S. The molecule has 0 aliphatic carbocycles. The monoisotopic (exact) mass is 365 g/mol. The number of aromatic nitrogens is 2. The van der Waals surface area contributed by atoms with Crippen molar-refractivity contribution in [3.05, 3.63) is 26.6 Å². The molecule has 7 heteroatoms. The Labute approximate surface area is 152 Å². The van der Waals surface area contributed by atoms with Crippen molar-refractivity contribution < 1.29 is 9.53 Å². The molecule has 0 aromatic carbocycles. The number of rotatable bonds is 6. The minimum atomic E-state index is -0.710. The van der Waals surface area contributed by atoms with Gasteiger partial charge in [-0.25, -0.2) is 9.78 Å². The molecule has 2 heterocycles. The lowest BCUT2D eigenvalue weighted by atomic mass is 10.2. The van der Waals surface area contributed by atoms with E-state index in [1.54, 1.807) is 6.92 Å². The number of thiophene rings is 1. The van der Waals surface area contributed by atoms with Crippen LogP contribution in [0.15, 0.2) is 4.79 Å². The molecule has 0 saturated carbocycles. The highest BCUT2D eigenvalue weighted by Crippen LogP contribution is 2.27. The van der Waals surface area contributed by atoms with E-state index in [0.717, 1.165) is 15.3 Å².